The quantitative estimate of drug-likeness (QED) is 0.190. The van der Waals surface area contributed by atoms with Crippen molar-refractivity contribution in [3.05, 3.63) is 0 Å². The molecular weight excluding hydrogens is 316 g/mol. The van der Waals surface area contributed by atoms with Crippen LogP contribution in [0.15, 0.2) is 0 Å². The molecule has 0 bridgehead atoms. The molecule has 1 fully saturated rings. The smallest absolute Gasteiger partial charge is 0.351 e. The summed E-state index contributed by atoms with van der Waals surface area (Å²) >= 11 is 0. The number of aliphatic hydroxyl groups is 5. The molecular formula is C12H22N2O9. The summed E-state index contributed by atoms with van der Waals surface area (Å²) in [6.45, 7) is 1.45. The largest absolute Gasteiger partial charge is 0.405 e. The molecule has 1 rings (SSSR count). The fourth-order valence-corrected chi connectivity index (χ4v) is 2.03. The first-order valence-electron chi connectivity index (χ1n) is 6.84. The first-order chi connectivity index (χ1) is 10.5. The number of ether oxygens (including phenoxy) is 2. The summed E-state index contributed by atoms with van der Waals surface area (Å²) in [5, 5.41) is 50.6. The molecule has 11 heteroatoms. The average molecular weight is 338 g/mol. The molecule has 7 atom stereocenters. The Morgan fingerprint density at radius 1 is 1.39 bits per heavy atom. The van der Waals surface area contributed by atoms with Gasteiger partial charge in [-0.1, -0.05) is 0 Å². The lowest BCUT2D eigenvalue weighted by molar-refractivity contribution is -0.410. The topological polar surface area (TPSA) is 192 Å². The maximum atomic E-state index is 11.8. The zero-order valence-corrected chi connectivity index (χ0v) is 12.6. The van der Waals surface area contributed by atoms with Gasteiger partial charge in [0.15, 0.2) is 6.04 Å². The highest BCUT2D eigenvalue weighted by atomic mass is 16.8. The number of carbonyl (C=O) groups is 2. The maximum absolute atomic E-state index is 11.8. The van der Waals surface area contributed by atoms with Crippen LogP contribution in [-0.2, 0) is 19.1 Å². The van der Waals surface area contributed by atoms with Crippen LogP contribution in [0.4, 0.5) is 0 Å². The lowest BCUT2D eigenvalue weighted by Crippen LogP contribution is -2.71. The minimum atomic E-state index is -2.90. The summed E-state index contributed by atoms with van der Waals surface area (Å²) in [7, 11) is 0. The molecule has 0 aromatic carbocycles. The van der Waals surface area contributed by atoms with Crippen LogP contribution < -0.4 is 11.1 Å². The van der Waals surface area contributed by atoms with E-state index in [0.717, 1.165) is 6.92 Å². The zero-order valence-electron chi connectivity index (χ0n) is 12.6. The lowest BCUT2D eigenvalue weighted by Gasteiger charge is -2.46. The second-order valence-electron chi connectivity index (χ2n) is 5.32. The molecule has 1 aliphatic heterocycles. The van der Waals surface area contributed by atoms with E-state index < -0.39 is 61.0 Å². The molecule has 0 aliphatic carbocycles. The Morgan fingerprint density at radius 2 is 1.96 bits per heavy atom. The van der Waals surface area contributed by atoms with Crippen LogP contribution in [0.2, 0.25) is 0 Å². The van der Waals surface area contributed by atoms with Crippen molar-refractivity contribution < 1.29 is 44.6 Å². The van der Waals surface area contributed by atoms with Crippen LogP contribution in [0, 0.1) is 0 Å². The summed E-state index contributed by atoms with van der Waals surface area (Å²) in [6, 6.07) is -3.28. The molecule has 134 valence electrons. The van der Waals surface area contributed by atoms with Gasteiger partial charge in [0, 0.05) is 6.92 Å². The second-order valence-corrected chi connectivity index (χ2v) is 5.32. The summed E-state index contributed by atoms with van der Waals surface area (Å²) in [5.74, 6) is -4.90. The van der Waals surface area contributed by atoms with Gasteiger partial charge in [0.05, 0.1) is 12.7 Å². The monoisotopic (exact) mass is 338 g/mol. The highest BCUT2D eigenvalue weighted by Gasteiger charge is 2.57. The number of rotatable bonds is 5. The molecule has 1 aliphatic rings. The number of nitrogens with two attached hydrogens (primary N) is 1. The van der Waals surface area contributed by atoms with Gasteiger partial charge >= 0.3 is 11.9 Å². The molecule has 23 heavy (non-hydrogen) atoms. The standard InChI is InChI=1S/C12H22N2O9/c1-4(16)7(13)11(20)23-12(21)10(14-5(2)17)9(19)8(18)6(3-15)22-12/h4,6-10,15-16,18-19,21H,3,13H2,1-2H3,(H,14,17)/t4-,6-,7+,8-,9+,10-,12?/m1/s1. The van der Waals surface area contributed by atoms with E-state index in [2.05, 4.69) is 10.1 Å². The van der Waals surface area contributed by atoms with Crippen molar-refractivity contribution in [2.75, 3.05) is 6.61 Å². The van der Waals surface area contributed by atoms with Crippen LogP contribution >= 0.6 is 0 Å². The summed E-state index contributed by atoms with van der Waals surface area (Å²) < 4.78 is 9.60. The Balaban J connectivity index is 3.07. The van der Waals surface area contributed by atoms with Crippen molar-refractivity contribution in [1.82, 2.24) is 5.32 Å². The van der Waals surface area contributed by atoms with Gasteiger partial charge in [-0.05, 0) is 6.92 Å². The Labute approximate surface area is 131 Å². The minimum Gasteiger partial charge on any atom is -0.405 e. The Morgan fingerprint density at radius 3 is 2.39 bits per heavy atom. The first kappa shape index (κ1) is 19.7. The van der Waals surface area contributed by atoms with Gasteiger partial charge in [0.1, 0.15) is 24.4 Å². The van der Waals surface area contributed by atoms with E-state index in [1.165, 1.54) is 6.92 Å². The summed E-state index contributed by atoms with van der Waals surface area (Å²) in [4.78, 5) is 23.0. The van der Waals surface area contributed by atoms with E-state index in [4.69, 9.17) is 15.6 Å². The molecule has 0 saturated carbocycles. The molecule has 1 heterocycles. The van der Waals surface area contributed by atoms with Crippen LogP contribution in [0.3, 0.4) is 0 Å². The van der Waals surface area contributed by atoms with Crippen molar-refractivity contribution in [3.8, 4) is 0 Å². The van der Waals surface area contributed by atoms with E-state index in [1.54, 1.807) is 0 Å². The van der Waals surface area contributed by atoms with Crippen LogP contribution in [0.1, 0.15) is 13.8 Å². The fourth-order valence-electron chi connectivity index (χ4n) is 2.03. The van der Waals surface area contributed by atoms with Crippen LogP contribution in [0.25, 0.3) is 0 Å². The molecule has 1 unspecified atom stereocenters. The lowest BCUT2D eigenvalue weighted by atomic mass is 9.95. The number of aliphatic hydroxyl groups excluding tert-OH is 4. The maximum Gasteiger partial charge on any atom is 0.351 e. The number of esters is 1. The van der Waals surface area contributed by atoms with Crippen molar-refractivity contribution in [3.63, 3.8) is 0 Å². The van der Waals surface area contributed by atoms with Gasteiger partial charge in [-0.2, -0.15) is 0 Å². The van der Waals surface area contributed by atoms with Gasteiger partial charge in [0.2, 0.25) is 5.91 Å². The number of hydrogen-bond acceptors (Lipinski definition) is 10. The van der Waals surface area contributed by atoms with Crippen LogP contribution in [0.5, 0.6) is 0 Å². The highest BCUT2D eigenvalue weighted by Crippen LogP contribution is 2.29. The number of nitrogens with one attached hydrogen (secondary N) is 1. The Kier molecular flexibility index (Phi) is 6.41. The Bertz CT molecular complexity index is 446. The molecule has 0 spiro atoms. The Hall–Kier alpha value is -1.34. The van der Waals surface area contributed by atoms with Crippen molar-refractivity contribution in [1.29, 1.82) is 0 Å². The van der Waals surface area contributed by atoms with Gasteiger partial charge in [-0.15, -0.1) is 0 Å². The van der Waals surface area contributed by atoms with E-state index in [9.17, 15) is 30.0 Å². The van der Waals surface area contributed by atoms with Gasteiger partial charge < -0.3 is 46.1 Å². The number of amides is 1. The normalized spacial score (nSPS) is 36.9. The van der Waals surface area contributed by atoms with E-state index in [-0.39, 0.29) is 0 Å². The number of hydrogen-bond donors (Lipinski definition) is 7. The number of carbonyl (C=O) groups excluding carboxylic acids is 2. The van der Waals surface area contributed by atoms with Gasteiger partial charge in [-0.25, -0.2) is 0 Å². The fraction of sp³-hybridized carbons (Fsp3) is 0.833. The van der Waals surface area contributed by atoms with Crippen molar-refractivity contribution in [2.24, 2.45) is 5.73 Å². The molecule has 0 radical (unpaired) electrons. The van der Waals surface area contributed by atoms with Crippen molar-refractivity contribution >= 4 is 11.9 Å². The summed E-state index contributed by atoms with van der Waals surface area (Å²) in [5.41, 5.74) is 5.37. The predicted octanol–water partition coefficient (Wildman–Crippen LogP) is -4.50. The van der Waals surface area contributed by atoms with E-state index in [1.807, 2.05) is 0 Å². The second kappa shape index (κ2) is 7.49. The molecule has 0 aromatic heterocycles. The average Bonchev–Trinajstić information content (AvgIpc) is 2.46. The highest BCUT2D eigenvalue weighted by molar-refractivity contribution is 5.77. The molecule has 1 amide bonds. The predicted molar refractivity (Wildman–Crippen MR) is 72.3 cm³/mol. The SMILES string of the molecule is CC(=O)N[C@@H]1[C@@H](O)[C@H](O)[C@@H](CO)OC1(O)OC(=O)[C@@H](N)[C@@H](C)O. The first-order valence-corrected chi connectivity index (χ1v) is 6.84. The van der Waals surface area contributed by atoms with Crippen LogP contribution in [-0.4, -0.2) is 86.5 Å². The summed E-state index contributed by atoms with van der Waals surface area (Å²) in [6.07, 6.45) is -6.28. The van der Waals surface area contributed by atoms with E-state index >= 15 is 0 Å². The minimum absolute atomic E-state index is 0.721. The third-order valence-corrected chi connectivity index (χ3v) is 3.36. The molecule has 0 aromatic rings. The zero-order chi connectivity index (χ0) is 17.9. The third-order valence-electron chi connectivity index (χ3n) is 3.36. The van der Waals surface area contributed by atoms with Gasteiger partial charge in [-0.3, -0.25) is 9.59 Å². The molecule has 11 nitrogen and oxygen atoms in total. The van der Waals surface area contributed by atoms with Crippen molar-refractivity contribution in [2.45, 2.75) is 56.3 Å². The molecule has 8 N–H and O–H groups in total. The van der Waals surface area contributed by atoms with Gasteiger partial charge in [0.25, 0.3) is 0 Å². The van der Waals surface area contributed by atoms with E-state index in [0.29, 0.717) is 0 Å². The third kappa shape index (κ3) is 4.35. The molecule has 1 saturated heterocycles.